The molecule has 1 aromatic carbocycles. The molecule has 62 valence electrons. The molecule has 12 heavy (non-hydrogen) atoms. The summed E-state index contributed by atoms with van der Waals surface area (Å²) in [5.74, 6) is 0. The Hall–Kier alpha value is 0.580. The number of rotatable bonds is 1. The second kappa shape index (κ2) is 7.03. The minimum absolute atomic E-state index is 0. The van der Waals surface area contributed by atoms with E-state index in [1.807, 2.05) is 0 Å². The molecule has 0 fully saturated rings. The molecule has 1 aromatic rings. The summed E-state index contributed by atoms with van der Waals surface area (Å²) in [7, 11) is 0. The summed E-state index contributed by atoms with van der Waals surface area (Å²) >= 11 is 3.37. The van der Waals surface area contributed by atoms with Crippen LogP contribution in [0.4, 0.5) is 0 Å². The van der Waals surface area contributed by atoms with Crippen molar-refractivity contribution in [3.05, 3.63) is 29.3 Å². The van der Waals surface area contributed by atoms with Crippen LogP contribution in [0.15, 0.2) is 29.2 Å². The first-order valence-corrected chi connectivity index (χ1v) is 4.00. The Morgan fingerprint density at radius 1 is 1.25 bits per heavy atom. The van der Waals surface area contributed by atoms with Crippen molar-refractivity contribution in [2.24, 2.45) is 0 Å². The van der Waals surface area contributed by atoms with Crippen LogP contribution in [0.3, 0.4) is 0 Å². The molecule has 1 rings (SSSR count). The smallest absolute Gasteiger partial charge is 0.768 e. The first-order chi connectivity index (χ1) is 4.70. The van der Waals surface area contributed by atoms with Crippen LogP contribution in [0.1, 0.15) is 0 Å². The predicted molar refractivity (Wildman–Crippen MR) is 42.3 cm³/mol. The van der Waals surface area contributed by atoms with Crippen LogP contribution in [-0.4, -0.2) is 14.2 Å². The second-order valence-electron chi connectivity index (χ2n) is 1.69. The average Bonchev–Trinajstić information content (AvgIpc) is 1.88. The van der Waals surface area contributed by atoms with Gasteiger partial charge in [0, 0.05) is 9.92 Å². The van der Waals surface area contributed by atoms with Crippen LogP contribution in [0.5, 0.6) is 0 Å². The van der Waals surface area contributed by atoms with Crippen molar-refractivity contribution >= 4 is 22.7 Å². The molecule has 0 heterocycles. The van der Waals surface area contributed by atoms with Crippen molar-refractivity contribution in [3.8, 4) is 0 Å². The normalized spacial score (nSPS) is 10.8. The average molecular weight is 217 g/mol. The topological polar surface area (TPSA) is 71.6 Å². The second-order valence-corrected chi connectivity index (χ2v) is 3.07. The first-order valence-electron chi connectivity index (χ1n) is 2.55. The summed E-state index contributed by atoms with van der Waals surface area (Å²) < 4.78 is 20.5. The van der Waals surface area contributed by atoms with E-state index in [0.717, 1.165) is 0 Å². The van der Waals surface area contributed by atoms with Crippen molar-refractivity contribution in [1.29, 1.82) is 0 Å². The molecule has 1 atom stereocenters. The maximum Gasteiger partial charge on any atom is 1.00 e. The molecule has 6 heteroatoms. The van der Waals surface area contributed by atoms with Gasteiger partial charge in [0.05, 0.1) is 0 Å². The van der Waals surface area contributed by atoms with Gasteiger partial charge in [-0.1, -0.05) is 11.6 Å². The predicted octanol–water partition coefficient (Wildman–Crippen LogP) is -2.24. The third kappa shape index (κ3) is 4.57. The fraction of sp³-hybridized carbons (Fsp3) is 0. The van der Waals surface area contributed by atoms with Gasteiger partial charge in [0.25, 0.3) is 0 Å². The van der Waals surface area contributed by atoms with E-state index in [9.17, 15) is 8.76 Å². The summed E-state index contributed by atoms with van der Waals surface area (Å²) in [6, 6.07) is 5.97. The Morgan fingerprint density at radius 3 is 2.00 bits per heavy atom. The maximum atomic E-state index is 10.3. The molecule has 2 N–H and O–H groups in total. The van der Waals surface area contributed by atoms with Crippen LogP contribution in [0.25, 0.3) is 0 Å². The molecule has 0 aliphatic carbocycles. The SMILES string of the molecule is O.O=S([O-])c1ccc(Cl)cc1.[Na+]. The Morgan fingerprint density at radius 2 is 1.67 bits per heavy atom. The van der Waals surface area contributed by atoms with Crippen molar-refractivity contribution in [2.75, 3.05) is 0 Å². The third-order valence-electron chi connectivity index (χ3n) is 1.01. The van der Waals surface area contributed by atoms with Gasteiger partial charge in [0.2, 0.25) is 0 Å². The zero-order valence-corrected chi connectivity index (χ0v) is 9.98. The summed E-state index contributed by atoms with van der Waals surface area (Å²) in [4.78, 5) is 0.254. The fourth-order valence-corrected chi connectivity index (χ4v) is 1.03. The molecule has 0 saturated heterocycles. The Balaban J connectivity index is 0. The van der Waals surface area contributed by atoms with Gasteiger partial charge in [-0.3, -0.25) is 4.21 Å². The Bertz CT molecular complexity index is 251. The van der Waals surface area contributed by atoms with E-state index in [0.29, 0.717) is 5.02 Å². The van der Waals surface area contributed by atoms with E-state index in [4.69, 9.17) is 11.6 Å². The number of benzene rings is 1. The van der Waals surface area contributed by atoms with Gasteiger partial charge >= 0.3 is 29.6 Å². The van der Waals surface area contributed by atoms with Crippen molar-refractivity contribution < 1.29 is 43.8 Å². The van der Waals surface area contributed by atoms with E-state index in [2.05, 4.69) is 0 Å². The van der Waals surface area contributed by atoms with Gasteiger partial charge in [-0.15, -0.1) is 0 Å². The van der Waals surface area contributed by atoms with Crippen molar-refractivity contribution in [1.82, 2.24) is 0 Å². The van der Waals surface area contributed by atoms with Crippen LogP contribution in [0.2, 0.25) is 5.02 Å². The molecule has 0 bridgehead atoms. The molecular weight excluding hydrogens is 211 g/mol. The first kappa shape index (κ1) is 15.1. The summed E-state index contributed by atoms with van der Waals surface area (Å²) in [5.41, 5.74) is 0. The number of hydrogen-bond acceptors (Lipinski definition) is 2. The third-order valence-corrected chi connectivity index (χ3v) is 1.92. The van der Waals surface area contributed by atoms with Gasteiger partial charge in [0.1, 0.15) is 0 Å². The maximum absolute atomic E-state index is 10.3. The van der Waals surface area contributed by atoms with Gasteiger partial charge in [0.15, 0.2) is 0 Å². The fourth-order valence-electron chi connectivity index (χ4n) is 0.546. The molecule has 0 radical (unpaired) electrons. The van der Waals surface area contributed by atoms with Crippen LogP contribution >= 0.6 is 11.6 Å². The minimum atomic E-state index is -2.15. The van der Waals surface area contributed by atoms with E-state index in [1.165, 1.54) is 24.3 Å². The van der Waals surface area contributed by atoms with Gasteiger partial charge < -0.3 is 10.0 Å². The van der Waals surface area contributed by atoms with E-state index >= 15 is 0 Å². The standard InChI is InChI=1S/C6H5ClO2S.Na.H2O/c7-5-1-3-6(4-2-5)10(8)9;;/h1-4H,(H,8,9);;1H2/q;+1;/p-1. The van der Waals surface area contributed by atoms with E-state index < -0.39 is 11.1 Å². The van der Waals surface area contributed by atoms with Gasteiger partial charge in [-0.25, -0.2) is 0 Å². The zero-order valence-electron chi connectivity index (χ0n) is 6.41. The van der Waals surface area contributed by atoms with E-state index in [-0.39, 0.29) is 39.9 Å². The van der Waals surface area contributed by atoms with Crippen LogP contribution in [0, 0.1) is 0 Å². The molecule has 0 spiro atoms. The Labute approximate surface area is 100 Å². The molecular formula is C6H6ClNaO3S. The molecule has 3 nitrogen and oxygen atoms in total. The largest absolute Gasteiger partial charge is 1.00 e. The minimum Gasteiger partial charge on any atom is -0.768 e. The molecule has 0 aliphatic heterocycles. The van der Waals surface area contributed by atoms with Crippen molar-refractivity contribution in [3.63, 3.8) is 0 Å². The zero-order chi connectivity index (χ0) is 7.56. The molecule has 0 saturated carbocycles. The van der Waals surface area contributed by atoms with Crippen LogP contribution in [-0.2, 0) is 11.1 Å². The van der Waals surface area contributed by atoms with E-state index in [1.54, 1.807) is 0 Å². The van der Waals surface area contributed by atoms with Crippen molar-refractivity contribution in [2.45, 2.75) is 4.90 Å². The summed E-state index contributed by atoms with van der Waals surface area (Å²) in [6.07, 6.45) is 0. The molecule has 0 aliphatic rings. The van der Waals surface area contributed by atoms with Gasteiger partial charge in [-0.05, 0) is 35.3 Å². The summed E-state index contributed by atoms with van der Waals surface area (Å²) in [6.45, 7) is 0. The number of halogens is 1. The van der Waals surface area contributed by atoms with Crippen LogP contribution < -0.4 is 29.6 Å². The molecule has 1 unspecified atom stereocenters. The molecule has 0 amide bonds. The summed E-state index contributed by atoms with van der Waals surface area (Å²) in [5, 5.41) is 0.536. The number of hydrogen-bond donors (Lipinski definition) is 0. The quantitative estimate of drug-likeness (QED) is 0.393. The monoisotopic (exact) mass is 216 g/mol. The Kier molecular flexibility index (Phi) is 8.83. The van der Waals surface area contributed by atoms with Gasteiger partial charge in [-0.2, -0.15) is 0 Å². The molecule has 0 aromatic heterocycles.